The van der Waals surface area contributed by atoms with Gasteiger partial charge in [0.2, 0.25) is 0 Å². The van der Waals surface area contributed by atoms with Crippen molar-refractivity contribution >= 4 is 0 Å². The van der Waals surface area contributed by atoms with E-state index >= 15 is 0 Å². The molecule has 1 aromatic carbocycles. The van der Waals surface area contributed by atoms with Crippen molar-refractivity contribution in [3.63, 3.8) is 0 Å². The molecule has 1 aromatic rings. The van der Waals surface area contributed by atoms with E-state index in [1.807, 2.05) is 0 Å². The Morgan fingerprint density at radius 2 is 1.90 bits per heavy atom. The second-order valence-corrected chi connectivity index (χ2v) is 6.36. The lowest BCUT2D eigenvalue weighted by molar-refractivity contribution is 0.127. The van der Waals surface area contributed by atoms with Gasteiger partial charge in [0.1, 0.15) is 0 Å². The zero-order valence-corrected chi connectivity index (χ0v) is 13.4. The summed E-state index contributed by atoms with van der Waals surface area (Å²) in [4.78, 5) is 2.68. The minimum absolute atomic E-state index is 0.487. The summed E-state index contributed by atoms with van der Waals surface area (Å²) in [5, 5.41) is 0. The molecule has 0 radical (unpaired) electrons. The van der Waals surface area contributed by atoms with Gasteiger partial charge in [-0.3, -0.25) is 4.90 Å². The Hall–Kier alpha value is -0.860. The zero-order valence-electron chi connectivity index (χ0n) is 13.4. The molecule has 0 amide bonds. The van der Waals surface area contributed by atoms with Gasteiger partial charge in [-0.05, 0) is 51.8 Å². The molecule has 1 fully saturated rings. The normalized spacial score (nSPS) is 21.9. The smallest absolute Gasteiger partial charge is 0.0176 e. The van der Waals surface area contributed by atoms with E-state index in [0.29, 0.717) is 12.0 Å². The van der Waals surface area contributed by atoms with Crippen LogP contribution in [0.4, 0.5) is 0 Å². The van der Waals surface area contributed by atoms with Gasteiger partial charge in [-0.2, -0.15) is 0 Å². The monoisotopic (exact) mass is 274 g/mol. The fourth-order valence-corrected chi connectivity index (χ4v) is 3.78. The van der Waals surface area contributed by atoms with Gasteiger partial charge in [-0.1, -0.05) is 42.7 Å². The number of rotatable bonds is 5. The van der Waals surface area contributed by atoms with E-state index in [2.05, 4.69) is 43.9 Å². The van der Waals surface area contributed by atoms with Crippen LogP contribution in [0.3, 0.4) is 0 Å². The minimum atomic E-state index is 0.487. The van der Waals surface area contributed by atoms with Gasteiger partial charge in [0, 0.05) is 18.5 Å². The molecule has 0 spiro atoms. The summed E-state index contributed by atoms with van der Waals surface area (Å²) in [5.74, 6) is 0.487. The largest absolute Gasteiger partial charge is 0.330 e. The Balaban J connectivity index is 2.24. The molecule has 2 nitrogen and oxygen atoms in total. The number of hydrogen-bond donors (Lipinski definition) is 1. The molecule has 2 unspecified atom stereocenters. The second-order valence-electron chi connectivity index (χ2n) is 6.36. The number of nitrogens with two attached hydrogens (primary N) is 1. The van der Waals surface area contributed by atoms with Crippen LogP contribution in [0.15, 0.2) is 18.2 Å². The van der Waals surface area contributed by atoms with E-state index in [0.717, 1.165) is 6.54 Å². The molecule has 1 aliphatic heterocycles. The van der Waals surface area contributed by atoms with Gasteiger partial charge in [0.15, 0.2) is 0 Å². The summed E-state index contributed by atoms with van der Waals surface area (Å²) in [6.45, 7) is 9.88. The van der Waals surface area contributed by atoms with Crippen LogP contribution in [0.25, 0.3) is 0 Å². The fraction of sp³-hybridized carbons (Fsp3) is 0.667. The summed E-state index contributed by atoms with van der Waals surface area (Å²) in [5.41, 5.74) is 10.3. The van der Waals surface area contributed by atoms with Crippen LogP contribution in [-0.2, 0) is 0 Å². The molecule has 0 bridgehead atoms. The number of aryl methyl sites for hydroxylation is 2. The Labute approximate surface area is 124 Å². The summed E-state index contributed by atoms with van der Waals surface area (Å²) >= 11 is 0. The molecule has 2 N–H and O–H groups in total. The van der Waals surface area contributed by atoms with E-state index in [9.17, 15) is 0 Å². The van der Waals surface area contributed by atoms with Crippen LogP contribution in [0.1, 0.15) is 55.2 Å². The van der Waals surface area contributed by atoms with E-state index in [1.54, 1.807) is 0 Å². The maximum Gasteiger partial charge on any atom is 0.0176 e. The van der Waals surface area contributed by atoms with Crippen molar-refractivity contribution < 1.29 is 0 Å². The maximum absolute atomic E-state index is 6.17. The molecule has 2 rings (SSSR count). The molecule has 1 aliphatic rings. The highest BCUT2D eigenvalue weighted by Crippen LogP contribution is 2.31. The molecule has 112 valence electrons. The molecular weight excluding hydrogens is 244 g/mol. The fourth-order valence-electron chi connectivity index (χ4n) is 3.78. The molecule has 0 aromatic heterocycles. The van der Waals surface area contributed by atoms with Crippen molar-refractivity contribution in [1.82, 2.24) is 4.90 Å². The van der Waals surface area contributed by atoms with Crippen LogP contribution in [-0.4, -0.2) is 30.6 Å². The van der Waals surface area contributed by atoms with Crippen LogP contribution < -0.4 is 5.73 Å². The summed E-state index contributed by atoms with van der Waals surface area (Å²) < 4.78 is 0. The predicted molar refractivity (Wildman–Crippen MR) is 87.2 cm³/mol. The molecule has 1 heterocycles. The average molecular weight is 274 g/mol. The predicted octanol–water partition coefficient (Wildman–Crippen LogP) is 3.61. The number of piperidine rings is 1. The lowest BCUT2D eigenvalue weighted by Crippen LogP contribution is -2.45. The molecule has 2 heteroatoms. The standard InChI is InChI=1S/C18H30N2/c1-4-8-20-9-6-5-7-18(20)17(13-19)16-11-14(2)10-15(3)12-16/h10-12,17-18H,4-9,13,19H2,1-3H3. The van der Waals surface area contributed by atoms with Gasteiger partial charge >= 0.3 is 0 Å². The van der Waals surface area contributed by atoms with Crippen molar-refractivity contribution in [2.75, 3.05) is 19.6 Å². The number of likely N-dealkylation sites (tertiary alicyclic amines) is 1. The Kier molecular flexibility index (Phi) is 5.62. The first kappa shape index (κ1) is 15.5. The highest BCUT2D eigenvalue weighted by molar-refractivity contribution is 5.32. The molecule has 2 atom stereocenters. The number of benzene rings is 1. The van der Waals surface area contributed by atoms with Crippen LogP contribution in [0.5, 0.6) is 0 Å². The maximum atomic E-state index is 6.17. The number of hydrogen-bond acceptors (Lipinski definition) is 2. The van der Waals surface area contributed by atoms with Crippen molar-refractivity contribution in [3.05, 3.63) is 34.9 Å². The first-order chi connectivity index (χ1) is 9.65. The molecule has 20 heavy (non-hydrogen) atoms. The van der Waals surface area contributed by atoms with E-state index in [4.69, 9.17) is 5.73 Å². The highest BCUT2D eigenvalue weighted by Gasteiger charge is 2.29. The quantitative estimate of drug-likeness (QED) is 0.888. The third-order valence-electron chi connectivity index (χ3n) is 4.57. The topological polar surface area (TPSA) is 29.3 Å². The summed E-state index contributed by atoms with van der Waals surface area (Å²) in [6.07, 6.45) is 5.24. The lowest BCUT2D eigenvalue weighted by atomic mass is 9.84. The van der Waals surface area contributed by atoms with Gasteiger partial charge in [0.05, 0.1) is 0 Å². The minimum Gasteiger partial charge on any atom is -0.330 e. The van der Waals surface area contributed by atoms with E-state index in [-0.39, 0.29) is 0 Å². The third kappa shape index (κ3) is 3.62. The highest BCUT2D eigenvalue weighted by atomic mass is 15.2. The SMILES string of the molecule is CCCN1CCCCC1C(CN)c1cc(C)cc(C)c1. The first-order valence-electron chi connectivity index (χ1n) is 8.18. The van der Waals surface area contributed by atoms with E-state index in [1.165, 1.54) is 55.5 Å². The molecule has 1 saturated heterocycles. The Morgan fingerprint density at radius 3 is 2.50 bits per heavy atom. The Bertz CT molecular complexity index is 405. The van der Waals surface area contributed by atoms with Crippen LogP contribution in [0, 0.1) is 13.8 Å². The van der Waals surface area contributed by atoms with E-state index < -0.39 is 0 Å². The third-order valence-corrected chi connectivity index (χ3v) is 4.57. The number of nitrogens with zero attached hydrogens (tertiary/aromatic N) is 1. The zero-order chi connectivity index (χ0) is 14.5. The lowest BCUT2D eigenvalue weighted by Gasteiger charge is -2.40. The van der Waals surface area contributed by atoms with Gasteiger partial charge < -0.3 is 5.73 Å². The molecule has 0 aliphatic carbocycles. The average Bonchev–Trinajstić information content (AvgIpc) is 2.41. The van der Waals surface area contributed by atoms with Crippen molar-refractivity contribution in [3.8, 4) is 0 Å². The van der Waals surface area contributed by atoms with Crippen molar-refractivity contribution in [2.45, 2.75) is 58.4 Å². The van der Waals surface area contributed by atoms with Crippen LogP contribution >= 0.6 is 0 Å². The Morgan fingerprint density at radius 1 is 1.20 bits per heavy atom. The first-order valence-corrected chi connectivity index (χ1v) is 8.18. The van der Waals surface area contributed by atoms with Crippen LogP contribution in [0.2, 0.25) is 0 Å². The van der Waals surface area contributed by atoms with Crippen molar-refractivity contribution in [1.29, 1.82) is 0 Å². The van der Waals surface area contributed by atoms with Gasteiger partial charge in [-0.25, -0.2) is 0 Å². The van der Waals surface area contributed by atoms with Crippen molar-refractivity contribution in [2.24, 2.45) is 5.73 Å². The summed E-state index contributed by atoms with van der Waals surface area (Å²) in [7, 11) is 0. The molecular formula is C18H30N2. The van der Waals surface area contributed by atoms with Gasteiger partial charge in [-0.15, -0.1) is 0 Å². The summed E-state index contributed by atoms with van der Waals surface area (Å²) in [6, 6.07) is 7.56. The molecule has 0 saturated carbocycles. The van der Waals surface area contributed by atoms with Gasteiger partial charge in [0.25, 0.3) is 0 Å². The second kappa shape index (κ2) is 7.24.